The van der Waals surface area contributed by atoms with Crippen LogP contribution in [0.25, 0.3) is 10.9 Å². The topological polar surface area (TPSA) is 67.3 Å². The van der Waals surface area contributed by atoms with Crippen molar-refractivity contribution in [2.24, 2.45) is 7.05 Å². The highest BCUT2D eigenvalue weighted by Crippen LogP contribution is 2.23. The van der Waals surface area contributed by atoms with E-state index < -0.39 is 0 Å². The van der Waals surface area contributed by atoms with Gasteiger partial charge in [0.2, 0.25) is 0 Å². The zero-order valence-corrected chi connectivity index (χ0v) is 14.9. The quantitative estimate of drug-likeness (QED) is 0.788. The number of nitrogens with zero attached hydrogens (tertiary/aromatic N) is 2. The van der Waals surface area contributed by atoms with Crippen LogP contribution in [0.5, 0.6) is 5.75 Å². The summed E-state index contributed by atoms with van der Waals surface area (Å²) in [6.07, 6.45) is 2.42. The van der Waals surface area contributed by atoms with E-state index in [4.69, 9.17) is 4.74 Å². The SMILES string of the molecule is Cc1cc(OC2CCN(C(=O)c3c[nH]c4ccccc34)C2)cc(=O)n1C. The van der Waals surface area contributed by atoms with E-state index in [0.29, 0.717) is 24.4 Å². The van der Waals surface area contributed by atoms with Crippen molar-refractivity contribution in [3.05, 3.63) is 64.2 Å². The molecule has 0 radical (unpaired) electrons. The molecule has 2 aromatic heterocycles. The number of para-hydroxylation sites is 1. The normalized spacial score (nSPS) is 17.0. The first-order chi connectivity index (χ1) is 12.5. The number of aryl methyl sites for hydroxylation is 1. The van der Waals surface area contributed by atoms with E-state index in [1.54, 1.807) is 17.8 Å². The van der Waals surface area contributed by atoms with Crippen molar-refractivity contribution in [2.45, 2.75) is 19.4 Å². The first-order valence-corrected chi connectivity index (χ1v) is 8.72. The molecular weight excluding hydrogens is 330 g/mol. The minimum Gasteiger partial charge on any atom is -0.488 e. The lowest BCUT2D eigenvalue weighted by atomic mass is 10.1. The van der Waals surface area contributed by atoms with Crippen molar-refractivity contribution in [1.29, 1.82) is 0 Å². The summed E-state index contributed by atoms with van der Waals surface area (Å²) in [4.78, 5) is 29.7. The molecule has 1 saturated heterocycles. The number of benzene rings is 1. The lowest BCUT2D eigenvalue weighted by Crippen LogP contribution is -2.31. The maximum Gasteiger partial charge on any atom is 0.256 e. The van der Waals surface area contributed by atoms with Crippen molar-refractivity contribution >= 4 is 16.8 Å². The molecule has 1 aromatic carbocycles. The van der Waals surface area contributed by atoms with Crippen LogP contribution in [-0.4, -0.2) is 39.6 Å². The Bertz CT molecular complexity index is 1030. The predicted octanol–water partition coefficient (Wildman–Crippen LogP) is 2.47. The van der Waals surface area contributed by atoms with Crippen LogP contribution < -0.4 is 10.3 Å². The van der Waals surface area contributed by atoms with Gasteiger partial charge in [0.15, 0.2) is 0 Å². The number of aromatic nitrogens is 2. The number of H-pyrrole nitrogens is 1. The molecule has 6 nitrogen and oxygen atoms in total. The fraction of sp³-hybridized carbons (Fsp3) is 0.300. The maximum absolute atomic E-state index is 12.9. The molecule has 3 heterocycles. The Morgan fingerprint density at radius 1 is 1.27 bits per heavy atom. The molecule has 3 aromatic rings. The number of carbonyl (C=O) groups is 1. The van der Waals surface area contributed by atoms with Crippen molar-refractivity contribution in [2.75, 3.05) is 13.1 Å². The lowest BCUT2D eigenvalue weighted by Gasteiger charge is -2.17. The second-order valence-electron chi connectivity index (χ2n) is 6.76. The highest BCUT2D eigenvalue weighted by atomic mass is 16.5. The van der Waals surface area contributed by atoms with E-state index in [1.807, 2.05) is 42.2 Å². The van der Waals surface area contributed by atoms with Gasteiger partial charge in [0.1, 0.15) is 11.9 Å². The van der Waals surface area contributed by atoms with Crippen LogP contribution in [0.4, 0.5) is 0 Å². The molecule has 1 unspecified atom stereocenters. The Hall–Kier alpha value is -3.02. The first kappa shape index (κ1) is 16.4. The maximum atomic E-state index is 12.9. The average molecular weight is 351 g/mol. The molecule has 134 valence electrons. The highest BCUT2D eigenvalue weighted by molar-refractivity contribution is 6.06. The van der Waals surface area contributed by atoms with Gasteiger partial charge in [0.05, 0.1) is 12.1 Å². The van der Waals surface area contributed by atoms with E-state index in [-0.39, 0.29) is 17.6 Å². The van der Waals surface area contributed by atoms with Gasteiger partial charge in [-0.15, -0.1) is 0 Å². The minimum absolute atomic E-state index is 0.00806. The van der Waals surface area contributed by atoms with Crippen molar-refractivity contribution in [3.8, 4) is 5.75 Å². The molecule has 1 N–H and O–H groups in total. The van der Waals surface area contributed by atoms with Gasteiger partial charge in [-0.2, -0.15) is 0 Å². The van der Waals surface area contributed by atoms with Crippen LogP contribution in [0.15, 0.2) is 47.4 Å². The summed E-state index contributed by atoms with van der Waals surface area (Å²) in [6, 6.07) is 11.1. The number of hydrogen-bond acceptors (Lipinski definition) is 3. The third-order valence-electron chi connectivity index (χ3n) is 5.03. The number of amides is 1. The van der Waals surface area contributed by atoms with Gasteiger partial charge >= 0.3 is 0 Å². The number of carbonyl (C=O) groups excluding carboxylic acids is 1. The van der Waals surface area contributed by atoms with E-state index in [2.05, 4.69) is 4.98 Å². The lowest BCUT2D eigenvalue weighted by molar-refractivity contribution is 0.0774. The van der Waals surface area contributed by atoms with Gasteiger partial charge in [-0.3, -0.25) is 9.59 Å². The number of hydrogen-bond donors (Lipinski definition) is 1. The van der Waals surface area contributed by atoms with Gasteiger partial charge in [-0.25, -0.2) is 0 Å². The number of rotatable bonds is 3. The Morgan fingerprint density at radius 2 is 2.08 bits per heavy atom. The fourth-order valence-corrected chi connectivity index (χ4v) is 3.42. The second-order valence-corrected chi connectivity index (χ2v) is 6.76. The molecule has 26 heavy (non-hydrogen) atoms. The number of aromatic amines is 1. The Balaban J connectivity index is 1.48. The van der Waals surface area contributed by atoms with Gasteiger partial charge in [0.25, 0.3) is 11.5 Å². The van der Waals surface area contributed by atoms with Gasteiger partial charge in [-0.1, -0.05) is 18.2 Å². The van der Waals surface area contributed by atoms with E-state index >= 15 is 0 Å². The van der Waals surface area contributed by atoms with Crippen molar-refractivity contribution in [1.82, 2.24) is 14.5 Å². The molecule has 1 amide bonds. The molecular formula is C20H21N3O3. The number of ether oxygens (including phenoxy) is 1. The fourth-order valence-electron chi connectivity index (χ4n) is 3.42. The first-order valence-electron chi connectivity index (χ1n) is 8.72. The zero-order valence-electron chi connectivity index (χ0n) is 14.9. The second kappa shape index (κ2) is 6.37. The Morgan fingerprint density at radius 3 is 2.88 bits per heavy atom. The molecule has 1 aliphatic heterocycles. The molecule has 1 aliphatic rings. The molecule has 0 aliphatic carbocycles. The van der Waals surface area contributed by atoms with Gasteiger partial charge in [0, 0.05) is 48.9 Å². The molecule has 4 rings (SSSR count). The summed E-state index contributed by atoms with van der Waals surface area (Å²) in [5.41, 5.74) is 2.39. The van der Waals surface area contributed by atoms with E-state index in [1.165, 1.54) is 6.07 Å². The van der Waals surface area contributed by atoms with E-state index in [0.717, 1.165) is 23.0 Å². The van der Waals surface area contributed by atoms with Crippen LogP contribution in [0.2, 0.25) is 0 Å². The predicted molar refractivity (Wildman–Crippen MR) is 99.7 cm³/mol. The summed E-state index contributed by atoms with van der Waals surface area (Å²) < 4.78 is 7.54. The monoisotopic (exact) mass is 351 g/mol. The summed E-state index contributed by atoms with van der Waals surface area (Å²) >= 11 is 0. The molecule has 0 spiro atoms. The summed E-state index contributed by atoms with van der Waals surface area (Å²) in [5.74, 6) is 0.575. The zero-order chi connectivity index (χ0) is 18.3. The van der Waals surface area contributed by atoms with Crippen LogP contribution in [-0.2, 0) is 7.05 Å². The van der Waals surface area contributed by atoms with Crippen LogP contribution in [0.1, 0.15) is 22.5 Å². The Labute approximate surface area is 151 Å². The van der Waals surface area contributed by atoms with Crippen LogP contribution in [0.3, 0.4) is 0 Å². The Kier molecular flexibility index (Phi) is 4.03. The standard InChI is InChI=1S/C20H21N3O3/c1-13-9-15(10-19(24)22(13)2)26-14-7-8-23(12-14)20(25)17-11-21-18-6-4-3-5-16(17)18/h3-6,9-11,14,21H,7-8,12H2,1-2H3. The largest absolute Gasteiger partial charge is 0.488 e. The summed E-state index contributed by atoms with van der Waals surface area (Å²) in [6.45, 7) is 3.04. The van der Waals surface area contributed by atoms with Crippen molar-refractivity contribution < 1.29 is 9.53 Å². The average Bonchev–Trinajstić information content (AvgIpc) is 3.26. The molecule has 6 heteroatoms. The third-order valence-corrected chi connectivity index (χ3v) is 5.03. The molecule has 1 atom stereocenters. The number of likely N-dealkylation sites (tertiary alicyclic amines) is 1. The number of pyridine rings is 1. The minimum atomic E-state index is -0.101. The molecule has 0 bridgehead atoms. The van der Waals surface area contributed by atoms with Crippen LogP contribution >= 0.6 is 0 Å². The van der Waals surface area contributed by atoms with Gasteiger partial charge < -0.3 is 19.2 Å². The number of fused-ring (bicyclic) bond motifs is 1. The van der Waals surface area contributed by atoms with Crippen molar-refractivity contribution in [3.63, 3.8) is 0 Å². The molecule has 1 fully saturated rings. The summed E-state index contributed by atoms with van der Waals surface area (Å²) in [5, 5.41) is 0.934. The third kappa shape index (κ3) is 2.87. The van der Waals surface area contributed by atoms with Crippen LogP contribution in [0, 0.1) is 6.92 Å². The smallest absolute Gasteiger partial charge is 0.256 e. The van der Waals surface area contributed by atoms with Gasteiger partial charge in [-0.05, 0) is 19.1 Å². The summed E-state index contributed by atoms with van der Waals surface area (Å²) in [7, 11) is 1.73. The van der Waals surface area contributed by atoms with E-state index in [9.17, 15) is 9.59 Å². The highest BCUT2D eigenvalue weighted by Gasteiger charge is 2.29. The number of nitrogens with one attached hydrogen (secondary N) is 1. The molecule has 0 saturated carbocycles.